The number of hydrogen-bond donors (Lipinski definition) is 3. The van der Waals surface area contributed by atoms with Gasteiger partial charge in [-0.3, -0.25) is 9.89 Å². The van der Waals surface area contributed by atoms with Gasteiger partial charge in [-0.2, -0.15) is 0 Å². The van der Waals surface area contributed by atoms with Gasteiger partial charge in [0, 0.05) is 43.3 Å². The molecule has 0 amide bonds. The van der Waals surface area contributed by atoms with Crippen molar-refractivity contribution >= 4 is 51.6 Å². The Morgan fingerprint density at radius 2 is 2.07 bits per heavy atom. The Labute approximate surface area is 197 Å². The van der Waals surface area contributed by atoms with E-state index < -0.39 is 10.0 Å². The number of nitrogens with zero attached hydrogens (tertiary/aromatic N) is 2. The minimum Gasteiger partial charge on any atom is -0.357 e. The van der Waals surface area contributed by atoms with E-state index >= 15 is 0 Å². The summed E-state index contributed by atoms with van der Waals surface area (Å²) >= 11 is 5.88. The Morgan fingerprint density at radius 1 is 1.34 bits per heavy atom. The lowest BCUT2D eigenvalue weighted by atomic mass is 10.1. The van der Waals surface area contributed by atoms with Crippen LogP contribution in [0, 0.1) is 5.92 Å². The zero-order chi connectivity index (χ0) is 20.7. The van der Waals surface area contributed by atoms with Gasteiger partial charge >= 0.3 is 0 Å². The molecule has 0 bridgehead atoms. The summed E-state index contributed by atoms with van der Waals surface area (Å²) in [5.74, 6) is 1.24. The predicted molar refractivity (Wildman–Crippen MR) is 131 cm³/mol. The van der Waals surface area contributed by atoms with Crippen LogP contribution < -0.4 is 15.4 Å². The van der Waals surface area contributed by atoms with Crippen LogP contribution in [0.1, 0.15) is 27.7 Å². The fraction of sp³-hybridized carbons (Fsp3) is 0.632. The molecule has 166 valence electrons. The molecule has 0 radical (unpaired) electrons. The first-order valence-electron chi connectivity index (χ1n) is 9.77. The molecule has 1 heterocycles. The first-order valence-corrected chi connectivity index (χ1v) is 11.6. The van der Waals surface area contributed by atoms with Gasteiger partial charge in [0.05, 0.1) is 11.4 Å². The minimum absolute atomic E-state index is 0. The number of rotatable bonds is 8. The van der Waals surface area contributed by atoms with Crippen molar-refractivity contribution < 1.29 is 8.42 Å². The largest absolute Gasteiger partial charge is 0.357 e. The minimum atomic E-state index is -3.59. The molecule has 0 spiro atoms. The Morgan fingerprint density at radius 3 is 2.66 bits per heavy atom. The maximum absolute atomic E-state index is 12.3. The van der Waals surface area contributed by atoms with E-state index in [1.54, 1.807) is 12.1 Å². The van der Waals surface area contributed by atoms with Crippen LogP contribution in [0.15, 0.2) is 34.2 Å². The smallest absolute Gasteiger partial charge is 0.240 e. The van der Waals surface area contributed by atoms with E-state index in [0.29, 0.717) is 35.5 Å². The number of nitrogens with one attached hydrogen (secondary N) is 3. The summed E-state index contributed by atoms with van der Waals surface area (Å²) < 4.78 is 27.2. The molecular formula is C19H33ClIN5O2S. The number of likely N-dealkylation sites (tertiary alicyclic amines) is 1. The lowest BCUT2D eigenvalue weighted by Gasteiger charge is -2.22. The topological polar surface area (TPSA) is 85.8 Å². The Balaban J connectivity index is 0.00000420. The summed E-state index contributed by atoms with van der Waals surface area (Å²) in [6.45, 7) is 12.0. The van der Waals surface area contributed by atoms with E-state index in [4.69, 9.17) is 11.6 Å². The Bertz CT molecular complexity index is 776. The number of aliphatic imine (C=N–C) groups is 1. The average Bonchev–Trinajstić information content (AvgIpc) is 3.00. The van der Waals surface area contributed by atoms with E-state index in [9.17, 15) is 8.42 Å². The summed E-state index contributed by atoms with van der Waals surface area (Å²) in [7, 11) is -3.59. The highest BCUT2D eigenvalue weighted by Gasteiger charge is 2.31. The molecule has 0 saturated carbocycles. The van der Waals surface area contributed by atoms with Crippen molar-refractivity contribution in [1.29, 1.82) is 0 Å². The highest BCUT2D eigenvalue weighted by Crippen LogP contribution is 2.18. The molecule has 2 unspecified atom stereocenters. The zero-order valence-corrected chi connectivity index (χ0v) is 21.4. The fourth-order valence-corrected chi connectivity index (χ4v) is 4.50. The highest BCUT2D eigenvalue weighted by atomic mass is 127. The molecule has 0 aromatic heterocycles. The molecule has 1 aromatic rings. The van der Waals surface area contributed by atoms with Crippen LogP contribution in [0.2, 0.25) is 5.02 Å². The molecule has 7 nitrogen and oxygen atoms in total. The van der Waals surface area contributed by atoms with Crippen LogP contribution in [0.4, 0.5) is 0 Å². The van der Waals surface area contributed by atoms with Gasteiger partial charge < -0.3 is 10.6 Å². The van der Waals surface area contributed by atoms with Crippen LogP contribution in [-0.2, 0) is 10.0 Å². The average molecular weight is 558 g/mol. The van der Waals surface area contributed by atoms with Crippen molar-refractivity contribution in [3.05, 3.63) is 29.3 Å². The van der Waals surface area contributed by atoms with Crippen LogP contribution in [0.25, 0.3) is 0 Å². The molecule has 1 aromatic carbocycles. The van der Waals surface area contributed by atoms with Gasteiger partial charge in [0.15, 0.2) is 5.96 Å². The predicted octanol–water partition coefficient (Wildman–Crippen LogP) is 2.52. The standard InChI is InChI=1S/C19H32ClN5O2S.HI/c1-5-21-19(24-18-13-25(14(2)3)12-15(18)4)22-9-10-23-28(26,27)17-8-6-7-16(20)11-17;/h6-8,11,14-15,18,23H,5,9-10,12-13H2,1-4H3,(H2,21,22,24);1H. The van der Waals surface area contributed by atoms with E-state index in [0.717, 1.165) is 19.6 Å². The van der Waals surface area contributed by atoms with Gasteiger partial charge in [-0.1, -0.05) is 24.6 Å². The van der Waals surface area contributed by atoms with Gasteiger partial charge in [-0.05, 0) is 44.9 Å². The zero-order valence-electron chi connectivity index (χ0n) is 17.5. The van der Waals surface area contributed by atoms with Crippen molar-refractivity contribution in [2.24, 2.45) is 10.9 Å². The number of hydrogen-bond acceptors (Lipinski definition) is 4. The van der Waals surface area contributed by atoms with E-state index in [-0.39, 0.29) is 35.4 Å². The van der Waals surface area contributed by atoms with E-state index in [1.165, 1.54) is 12.1 Å². The van der Waals surface area contributed by atoms with Crippen molar-refractivity contribution in [2.45, 2.75) is 44.7 Å². The van der Waals surface area contributed by atoms with Crippen molar-refractivity contribution in [2.75, 3.05) is 32.7 Å². The number of guanidine groups is 1. The van der Waals surface area contributed by atoms with Crippen LogP contribution in [0.3, 0.4) is 0 Å². The Kier molecular flexibility index (Phi) is 11.2. The summed E-state index contributed by atoms with van der Waals surface area (Å²) in [6.07, 6.45) is 0. The van der Waals surface area contributed by atoms with Gasteiger partial charge in [0.2, 0.25) is 10.0 Å². The van der Waals surface area contributed by atoms with Gasteiger partial charge in [0.25, 0.3) is 0 Å². The lowest BCUT2D eigenvalue weighted by molar-refractivity contribution is 0.265. The molecule has 1 fully saturated rings. The van der Waals surface area contributed by atoms with Crippen molar-refractivity contribution in [3.63, 3.8) is 0 Å². The van der Waals surface area contributed by atoms with Crippen LogP contribution in [0.5, 0.6) is 0 Å². The normalized spacial score (nSPS) is 20.6. The second kappa shape index (κ2) is 12.3. The molecule has 29 heavy (non-hydrogen) atoms. The summed E-state index contributed by atoms with van der Waals surface area (Å²) in [5.41, 5.74) is 0. The third-order valence-electron chi connectivity index (χ3n) is 4.82. The van der Waals surface area contributed by atoms with Gasteiger partial charge in [-0.15, -0.1) is 24.0 Å². The monoisotopic (exact) mass is 557 g/mol. The fourth-order valence-electron chi connectivity index (χ4n) is 3.17. The van der Waals surface area contributed by atoms with Crippen LogP contribution in [-0.4, -0.2) is 64.1 Å². The maximum atomic E-state index is 12.3. The molecule has 2 atom stereocenters. The summed E-state index contributed by atoms with van der Waals surface area (Å²) in [5, 5.41) is 7.12. The Hall–Kier alpha value is -0.620. The molecular weight excluding hydrogens is 525 g/mol. The van der Waals surface area contributed by atoms with Crippen molar-refractivity contribution in [1.82, 2.24) is 20.3 Å². The SMILES string of the molecule is CCNC(=NCCNS(=O)(=O)c1cccc(Cl)c1)NC1CN(C(C)C)CC1C.I. The molecule has 1 aliphatic rings. The van der Waals surface area contributed by atoms with E-state index in [2.05, 4.69) is 46.0 Å². The summed E-state index contributed by atoms with van der Waals surface area (Å²) in [4.78, 5) is 7.12. The molecule has 1 saturated heterocycles. The number of halogens is 2. The maximum Gasteiger partial charge on any atom is 0.240 e. The lowest BCUT2D eigenvalue weighted by Crippen LogP contribution is -2.47. The summed E-state index contributed by atoms with van der Waals surface area (Å²) in [6, 6.07) is 7.05. The third-order valence-corrected chi connectivity index (χ3v) is 6.51. The molecule has 3 N–H and O–H groups in total. The molecule has 1 aliphatic heterocycles. The molecule has 10 heteroatoms. The highest BCUT2D eigenvalue weighted by molar-refractivity contribution is 14.0. The number of benzene rings is 1. The first-order chi connectivity index (χ1) is 13.2. The molecule has 2 rings (SSSR count). The van der Waals surface area contributed by atoms with Crippen LogP contribution >= 0.6 is 35.6 Å². The van der Waals surface area contributed by atoms with E-state index in [1.807, 2.05) is 6.92 Å². The molecule has 0 aliphatic carbocycles. The van der Waals surface area contributed by atoms with Gasteiger partial charge in [-0.25, -0.2) is 13.1 Å². The van der Waals surface area contributed by atoms with Crippen molar-refractivity contribution in [3.8, 4) is 0 Å². The first kappa shape index (κ1) is 26.4. The number of sulfonamides is 1. The second-order valence-corrected chi connectivity index (χ2v) is 9.59. The van der Waals surface area contributed by atoms with Gasteiger partial charge in [0.1, 0.15) is 0 Å². The second-order valence-electron chi connectivity index (χ2n) is 7.39. The third kappa shape index (κ3) is 8.20. The quantitative estimate of drug-likeness (QED) is 0.198.